The predicted molar refractivity (Wildman–Crippen MR) is 82.5 cm³/mol. The van der Waals surface area contributed by atoms with Gasteiger partial charge in [0.2, 0.25) is 11.7 Å². The van der Waals surface area contributed by atoms with E-state index in [9.17, 15) is 0 Å². The normalized spacial score (nSPS) is 13.9. The molecule has 0 fully saturated rings. The Kier molecular flexibility index (Phi) is 5.33. The topological polar surface area (TPSA) is 60.2 Å². The van der Waals surface area contributed by atoms with Crippen LogP contribution < -0.4 is 10.1 Å². The van der Waals surface area contributed by atoms with Crippen LogP contribution in [0.4, 0.5) is 0 Å². The van der Waals surface area contributed by atoms with Crippen molar-refractivity contribution in [3.8, 4) is 17.1 Å². The lowest BCUT2D eigenvalue weighted by atomic mass is 10.00. The number of hydrogen-bond acceptors (Lipinski definition) is 5. The molecule has 0 spiro atoms. The Labute approximate surface area is 125 Å². The largest absolute Gasteiger partial charge is 0.493 e. The summed E-state index contributed by atoms with van der Waals surface area (Å²) in [4.78, 5) is 4.54. The molecule has 0 radical (unpaired) electrons. The fourth-order valence-electron chi connectivity index (χ4n) is 2.44. The first-order valence-electron chi connectivity index (χ1n) is 7.44. The molecule has 5 heteroatoms. The number of rotatable bonds is 7. The second kappa shape index (κ2) is 7.22. The highest BCUT2D eigenvalue weighted by Crippen LogP contribution is 2.29. The van der Waals surface area contributed by atoms with Crippen molar-refractivity contribution in [2.45, 2.75) is 39.2 Å². The highest BCUT2D eigenvalue weighted by molar-refractivity contribution is 5.63. The quantitative estimate of drug-likeness (QED) is 0.848. The number of aromatic nitrogens is 2. The zero-order valence-electron chi connectivity index (χ0n) is 13.1. The first-order chi connectivity index (χ1) is 10.2. The summed E-state index contributed by atoms with van der Waals surface area (Å²) in [7, 11) is 1.95. The van der Waals surface area contributed by atoms with Crippen molar-refractivity contribution in [2.24, 2.45) is 0 Å². The number of nitrogens with one attached hydrogen (secondary N) is 1. The average molecular weight is 289 g/mol. The molecule has 2 unspecified atom stereocenters. The van der Waals surface area contributed by atoms with Gasteiger partial charge in [-0.2, -0.15) is 4.98 Å². The third-order valence-corrected chi connectivity index (χ3v) is 3.67. The molecule has 1 heterocycles. The molecular weight excluding hydrogens is 266 g/mol. The molecule has 0 saturated carbocycles. The molecule has 0 aliphatic heterocycles. The van der Waals surface area contributed by atoms with Gasteiger partial charge in [-0.3, -0.25) is 0 Å². The standard InChI is InChI=1S/C16H23N3O2/c1-5-13(17-4)11(3)16-18-15(19-21-16)12-9-7-8-10-14(12)20-6-2/h7-11,13,17H,5-6H2,1-4H3. The Bertz CT molecular complexity index is 564. The summed E-state index contributed by atoms with van der Waals surface area (Å²) in [6.45, 7) is 6.80. The van der Waals surface area contributed by atoms with Crippen LogP contribution in [0.3, 0.4) is 0 Å². The van der Waals surface area contributed by atoms with Crippen LogP contribution in [0.1, 0.15) is 39.0 Å². The van der Waals surface area contributed by atoms with Gasteiger partial charge in [-0.1, -0.05) is 31.1 Å². The van der Waals surface area contributed by atoms with Crippen LogP contribution >= 0.6 is 0 Å². The van der Waals surface area contributed by atoms with Gasteiger partial charge in [0.25, 0.3) is 0 Å². The van der Waals surface area contributed by atoms with Crippen molar-refractivity contribution in [1.29, 1.82) is 0 Å². The van der Waals surface area contributed by atoms with E-state index in [2.05, 4.69) is 29.3 Å². The van der Waals surface area contributed by atoms with Crippen LogP contribution in [0.15, 0.2) is 28.8 Å². The molecule has 0 aliphatic rings. The molecule has 0 bridgehead atoms. The number of ether oxygens (including phenoxy) is 1. The molecular formula is C16H23N3O2. The minimum absolute atomic E-state index is 0.167. The van der Waals surface area contributed by atoms with Gasteiger partial charge in [0.15, 0.2) is 0 Å². The highest BCUT2D eigenvalue weighted by atomic mass is 16.5. The molecule has 1 N–H and O–H groups in total. The van der Waals surface area contributed by atoms with Gasteiger partial charge in [0.1, 0.15) is 5.75 Å². The number of likely N-dealkylation sites (N-methyl/N-ethyl adjacent to an activating group) is 1. The van der Waals surface area contributed by atoms with Crippen LogP contribution in [0.2, 0.25) is 0 Å². The zero-order valence-corrected chi connectivity index (χ0v) is 13.1. The number of hydrogen-bond donors (Lipinski definition) is 1. The van der Waals surface area contributed by atoms with Crippen LogP contribution in [0.5, 0.6) is 5.75 Å². The maximum atomic E-state index is 5.62. The second-order valence-corrected chi connectivity index (χ2v) is 4.98. The molecule has 0 aliphatic carbocycles. The summed E-state index contributed by atoms with van der Waals surface area (Å²) in [6.07, 6.45) is 1.00. The third kappa shape index (κ3) is 3.42. The average Bonchev–Trinajstić information content (AvgIpc) is 2.99. The van der Waals surface area contributed by atoms with Gasteiger partial charge in [-0.25, -0.2) is 0 Å². The van der Waals surface area contributed by atoms with E-state index in [4.69, 9.17) is 9.26 Å². The molecule has 5 nitrogen and oxygen atoms in total. The number of benzene rings is 1. The Morgan fingerprint density at radius 1 is 1.29 bits per heavy atom. The van der Waals surface area contributed by atoms with Gasteiger partial charge in [0, 0.05) is 6.04 Å². The lowest BCUT2D eigenvalue weighted by molar-refractivity contribution is 0.325. The molecule has 2 atom stereocenters. The van der Waals surface area contributed by atoms with Crippen LogP contribution in [0, 0.1) is 0 Å². The molecule has 0 saturated heterocycles. The van der Waals surface area contributed by atoms with Crippen LogP contribution in [-0.4, -0.2) is 29.8 Å². The van der Waals surface area contributed by atoms with Gasteiger partial charge in [0.05, 0.1) is 18.1 Å². The molecule has 2 rings (SSSR count). The van der Waals surface area contributed by atoms with Crippen molar-refractivity contribution in [3.63, 3.8) is 0 Å². The second-order valence-electron chi connectivity index (χ2n) is 4.98. The first-order valence-corrected chi connectivity index (χ1v) is 7.44. The van der Waals surface area contributed by atoms with Crippen molar-refractivity contribution >= 4 is 0 Å². The first kappa shape index (κ1) is 15.5. The molecule has 2 aromatic rings. The summed E-state index contributed by atoms with van der Waals surface area (Å²) in [5.41, 5.74) is 0.860. The van der Waals surface area contributed by atoms with Gasteiger partial charge >= 0.3 is 0 Å². The van der Waals surface area contributed by atoms with Crippen molar-refractivity contribution in [3.05, 3.63) is 30.2 Å². The lowest BCUT2D eigenvalue weighted by Gasteiger charge is -2.18. The maximum Gasteiger partial charge on any atom is 0.231 e. The number of para-hydroxylation sites is 1. The monoisotopic (exact) mass is 289 g/mol. The molecule has 1 aromatic heterocycles. The maximum absolute atomic E-state index is 5.62. The van der Waals surface area contributed by atoms with Crippen LogP contribution in [-0.2, 0) is 0 Å². The van der Waals surface area contributed by atoms with E-state index in [-0.39, 0.29) is 5.92 Å². The summed E-state index contributed by atoms with van der Waals surface area (Å²) in [5, 5.41) is 7.39. The zero-order chi connectivity index (χ0) is 15.2. The molecule has 114 valence electrons. The van der Waals surface area contributed by atoms with E-state index in [1.165, 1.54) is 0 Å². The predicted octanol–water partition coefficient (Wildman–Crippen LogP) is 3.24. The minimum Gasteiger partial charge on any atom is -0.493 e. The molecule has 0 amide bonds. The van der Waals surface area contributed by atoms with Crippen molar-refractivity contribution < 1.29 is 9.26 Å². The van der Waals surface area contributed by atoms with Crippen LogP contribution in [0.25, 0.3) is 11.4 Å². The summed E-state index contributed by atoms with van der Waals surface area (Å²) < 4.78 is 11.1. The molecule has 21 heavy (non-hydrogen) atoms. The van der Waals surface area contributed by atoms with Gasteiger partial charge in [-0.05, 0) is 32.5 Å². The fraction of sp³-hybridized carbons (Fsp3) is 0.500. The Morgan fingerprint density at radius 3 is 2.71 bits per heavy atom. The summed E-state index contributed by atoms with van der Waals surface area (Å²) in [5.74, 6) is 2.17. The minimum atomic E-state index is 0.167. The third-order valence-electron chi connectivity index (χ3n) is 3.67. The Morgan fingerprint density at radius 2 is 2.05 bits per heavy atom. The number of nitrogens with zero attached hydrogens (tertiary/aromatic N) is 2. The summed E-state index contributed by atoms with van der Waals surface area (Å²) in [6, 6.07) is 8.06. The summed E-state index contributed by atoms with van der Waals surface area (Å²) >= 11 is 0. The van der Waals surface area contributed by atoms with Gasteiger partial charge in [-0.15, -0.1) is 0 Å². The van der Waals surface area contributed by atoms with E-state index in [1.807, 2.05) is 38.2 Å². The Balaban J connectivity index is 2.28. The van der Waals surface area contributed by atoms with Crippen molar-refractivity contribution in [2.75, 3.05) is 13.7 Å². The highest BCUT2D eigenvalue weighted by Gasteiger charge is 2.22. The Hall–Kier alpha value is -1.88. The SMILES string of the molecule is CCOc1ccccc1-c1noc(C(C)C(CC)NC)n1. The van der Waals surface area contributed by atoms with E-state index in [0.29, 0.717) is 24.4 Å². The van der Waals surface area contributed by atoms with Gasteiger partial charge < -0.3 is 14.6 Å². The van der Waals surface area contributed by atoms with E-state index >= 15 is 0 Å². The van der Waals surface area contributed by atoms with E-state index in [0.717, 1.165) is 17.7 Å². The smallest absolute Gasteiger partial charge is 0.231 e. The van der Waals surface area contributed by atoms with E-state index in [1.54, 1.807) is 0 Å². The van der Waals surface area contributed by atoms with E-state index < -0.39 is 0 Å². The lowest BCUT2D eigenvalue weighted by Crippen LogP contribution is -2.30. The molecule has 1 aromatic carbocycles. The fourth-order valence-corrected chi connectivity index (χ4v) is 2.44. The van der Waals surface area contributed by atoms with Crippen molar-refractivity contribution in [1.82, 2.24) is 15.5 Å².